The first-order valence-electron chi connectivity index (χ1n) is 6.11. The number of sulfonamides is 1. The van der Waals surface area contributed by atoms with Crippen LogP contribution in [-0.4, -0.2) is 29.8 Å². The van der Waals surface area contributed by atoms with E-state index in [1.807, 2.05) is 13.1 Å². The molecule has 0 aromatic carbocycles. The highest BCUT2D eigenvalue weighted by molar-refractivity contribution is 7.89. The number of aromatic nitrogens is 2. The van der Waals surface area contributed by atoms with Crippen LogP contribution in [0.5, 0.6) is 0 Å². The average molecular weight is 299 g/mol. The Morgan fingerprint density at radius 1 is 1.45 bits per heavy atom. The van der Waals surface area contributed by atoms with E-state index in [1.54, 1.807) is 17.8 Å². The Morgan fingerprint density at radius 2 is 2.20 bits per heavy atom. The highest BCUT2D eigenvalue weighted by atomic mass is 32.2. The lowest BCUT2D eigenvalue weighted by Gasteiger charge is -2.05. The van der Waals surface area contributed by atoms with E-state index < -0.39 is 10.0 Å². The van der Waals surface area contributed by atoms with Crippen molar-refractivity contribution in [3.05, 3.63) is 35.5 Å². The molecule has 2 N–H and O–H groups in total. The van der Waals surface area contributed by atoms with E-state index in [0.29, 0.717) is 6.54 Å². The van der Waals surface area contributed by atoms with E-state index >= 15 is 0 Å². The maximum atomic E-state index is 12.1. The van der Waals surface area contributed by atoms with Crippen LogP contribution < -0.4 is 4.72 Å². The first-order valence-corrected chi connectivity index (χ1v) is 7.59. The second kappa shape index (κ2) is 5.78. The largest absolute Gasteiger partial charge is 0.462 e. The highest BCUT2D eigenvalue weighted by Crippen LogP contribution is 2.19. The fourth-order valence-electron chi connectivity index (χ4n) is 1.83. The molecule has 2 aromatic heterocycles. The highest BCUT2D eigenvalue weighted by Gasteiger charge is 2.20. The summed E-state index contributed by atoms with van der Waals surface area (Å²) < 4.78 is 33.5. The first-order chi connectivity index (χ1) is 9.42. The van der Waals surface area contributed by atoms with Crippen molar-refractivity contribution in [1.29, 1.82) is 0 Å². The van der Waals surface area contributed by atoms with Gasteiger partial charge in [0, 0.05) is 18.8 Å². The van der Waals surface area contributed by atoms with Crippen LogP contribution in [0.3, 0.4) is 0 Å². The van der Waals surface area contributed by atoms with Crippen molar-refractivity contribution in [2.24, 2.45) is 0 Å². The quantitative estimate of drug-likeness (QED) is 0.812. The molecule has 0 unspecified atom stereocenters. The lowest BCUT2D eigenvalue weighted by molar-refractivity contribution is 0.244. The van der Waals surface area contributed by atoms with Gasteiger partial charge in [-0.3, -0.25) is 4.68 Å². The zero-order valence-corrected chi connectivity index (χ0v) is 12.1. The van der Waals surface area contributed by atoms with Crippen LogP contribution in [0.4, 0.5) is 0 Å². The number of aryl methyl sites for hydroxylation is 2. The summed E-state index contributed by atoms with van der Waals surface area (Å²) in [6.45, 7) is 3.80. The lowest BCUT2D eigenvalue weighted by Crippen LogP contribution is -2.27. The number of aliphatic hydroxyl groups excluding tert-OH is 1. The van der Waals surface area contributed by atoms with Gasteiger partial charge in [-0.05, 0) is 19.4 Å². The zero-order chi connectivity index (χ0) is 14.8. The Labute approximate surface area is 117 Å². The maximum Gasteiger partial charge on any atom is 0.244 e. The topological polar surface area (TPSA) is 97.4 Å². The third kappa shape index (κ3) is 3.27. The molecule has 2 heterocycles. The monoisotopic (exact) mass is 299 g/mol. The molecule has 0 saturated carbocycles. The molecule has 0 saturated heterocycles. The van der Waals surface area contributed by atoms with Gasteiger partial charge in [-0.25, -0.2) is 13.1 Å². The van der Waals surface area contributed by atoms with Crippen LogP contribution in [0.25, 0.3) is 0 Å². The molecule has 0 radical (unpaired) electrons. The number of aliphatic hydroxyl groups is 1. The standard InChI is InChI=1S/C12H17N3O4S/c1-9-6-13-15(7-9)4-3-14-20(17,18)12-5-11(8-16)19-10(12)2/h5-7,14,16H,3-4,8H2,1-2H3. The van der Waals surface area contributed by atoms with Gasteiger partial charge in [0.05, 0.1) is 12.7 Å². The van der Waals surface area contributed by atoms with Gasteiger partial charge in [-0.1, -0.05) is 0 Å². The molecule has 0 amide bonds. The van der Waals surface area contributed by atoms with Crippen molar-refractivity contribution < 1.29 is 17.9 Å². The molecular formula is C12H17N3O4S. The van der Waals surface area contributed by atoms with Crippen LogP contribution >= 0.6 is 0 Å². The van der Waals surface area contributed by atoms with E-state index in [9.17, 15) is 8.42 Å². The minimum Gasteiger partial charge on any atom is -0.462 e. The molecule has 0 bridgehead atoms. The predicted molar refractivity (Wildman–Crippen MR) is 71.5 cm³/mol. The lowest BCUT2D eigenvalue weighted by atomic mass is 10.4. The molecular weight excluding hydrogens is 282 g/mol. The SMILES string of the molecule is Cc1cnn(CCNS(=O)(=O)c2cc(CO)oc2C)c1. The van der Waals surface area contributed by atoms with Crippen molar-refractivity contribution in [2.45, 2.75) is 31.9 Å². The summed E-state index contributed by atoms with van der Waals surface area (Å²) in [5.74, 6) is 0.488. The van der Waals surface area contributed by atoms with Crippen molar-refractivity contribution in [1.82, 2.24) is 14.5 Å². The normalized spacial score (nSPS) is 11.9. The molecule has 0 aliphatic heterocycles. The summed E-state index contributed by atoms with van der Waals surface area (Å²) in [4.78, 5) is 0.0539. The molecule has 0 fully saturated rings. The molecule has 110 valence electrons. The van der Waals surface area contributed by atoms with Gasteiger partial charge in [0.15, 0.2) is 0 Å². The van der Waals surface area contributed by atoms with E-state index in [2.05, 4.69) is 9.82 Å². The average Bonchev–Trinajstić information content (AvgIpc) is 2.95. The van der Waals surface area contributed by atoms with E-state index in [1.165, 1.54) is 6.07 Å². The molecule has 8 heteroatoms. The minimum absolute atomic E-state index is 0.0539. The third-order valence-electron chi connectivity index (χ3n) is 2.76. The van der Waals surface area contributed by atoms with Gasteiger partial charge in [-0.15, -0.1) is 0 Å². The van der Waals surface area contributed by atoms with Gasteiger partial charge >= 0.3 is 0 Å². The van der Waals surface area contributed by atoms with Crippen molar-refractivity contribution in [3.8, 4) is 0 Å². The van der Waals surface area contributed by atoms with Crippen LogP contribution in [0.15, 0.2) is 27.8 Å². The second-order valence-corrected chi connectivity index (χ2v) is 6.21. The molecule has 0 aliphatic rings. The number of nitrogens with zero attached hydrogens (tertiary/aromatic N) is 2. The minimum atomic E-state index is -3.64. The van der Waals surface area contributed by atoms with Crippen LogP contribution in [0.2, 0.25) is 0 Å². The first kappa shape index (κ1) is 14.8. The van der Waals surface area contributed by atoms with E-state index in [-0.39, 0.29) is 29.6 Å². The molecule has 20 heavy (non-hydrogen) atoms. The Bertz CT molecular complexity index is 687. The van der Waals surface area contributed by atoms with Crippen LogP contribution in [0.1, 0.15) is 17.1 Å². The second-order valence-electron chi connectivity index (χ2n) is 4.47. The Hall–Kier alpha value is -1.64. The summed E-state index contributed by atoms with van der Waals surface area (Å²) >= 11 is 0. The molecule has 7 nitrogen and oxygen atoms in total. The number of hydrogen-bond acceptors (Lipinski definition) is 5. The Balaban J connectivity index is 2.01. The van der Waals surface area contributed by atoms with Gasteiger partial charge in [0.1, 0.15) is 23.0 Å². The maximum absolute atomic E-state index is 12.1. The van der Waals surface area contributed by atoms with Crippen molar-refractivity contribution >= 4 is 10.0 Å². The molecule has 0 aliphatic carbocycles. The fourth-order valence-corrected chi connectivity index (χ4v) is 3.05. The van der Waals surface area contributed by atoms with Gasteiger partial charge < -0.3 is 9.52 Å². The summed E-state index contributed by atoms with van der Waals surface area (Å²) in [6, 6.07) is 1.33. The van der Waals surface area contributed by atoms with E-state index in [0.717, 1.165) is 5.56 Å². The zero-order valence-electron chi connectivity index (χ0n) is 11.3. The summed E-state index contributed by atoms with van der Waals surface area (Å²) in [6.07, 6.45) is 3.55. The summed E-state index contributed by atoms with van der Waals surface area (Å²) in [5, 5.41) is 13.0. The van der Waals surface area contributed by atoms with E-state index in [4.69, 9.17) is 9.52 Å². The summed E-state index contributed by atoms with van der Waals surface area (Å²) in [7, 11) is -3.64. The van der Waals surface area contributed by atoms with Crippen LogP contribution in [-0.2, 0) is 23.2 Å². The number of hydrogen-bond donors (Lipinski definition) is 2. The van der Waals surface area contributed by atoms with Crippen LogP contribution in [0, 0.1) is 13.8 Å². The summed E-state index contributed by atoms with van der Waals surface area (Å²) in [5.41, 5.74) is 1.02. The number of furan rings is 1. The smallest absolute Gasteiger partial charge is 0.244 e. The number of rotatable bonds is 6. The van der Waals surface area contributed by atoms with Crippen molar-refractivity contribution in [3.63, 3.8) is 0 Å². The Kier molecular flexibility index (Phi) is 4.26. The molecule has 2 rings (SSSR count). The van der Waals surface area contributed by atoms with Crippen molar-refractivity contribution in [2.75, 3.05) is 6.54 Å². The number of nitrogens with one attached hydrogen (secondary N) is 1. The Morgan fingerprint density at radius 3 is 2.75 bits per heavy atom. The predicted octanol–water partition coefficient (Wildman–Crippen LogP) is 0.564. The molecule has 0 atom stereocenters. The molecule has 0 spiro atoms. The fraction of sp³-hybridized carbons (Fsp3) is 0.417. The van der Waals surface area contributed by atoms with Gasteiger partial charge in [0.25, 0.3) is 0 Å². The third-order valence-corrected chi connectivity index (χ3v) is 4.33. The van der Waals surface area contributed by atoms with Gasteiger partial charge in [0.2, 0.25) is 10.0 Å². The molecule has 2 aromatic rings. The van der Waals surface area contributed by atoms with Gasteiger partial charge in [-0.2, -0.15) is 5.10 Å².